The number of amides is 1. The Labute approximate surface area is 173 Å². The third-order valence-electron chi connectivity index (χ3n) is 4.09. The summed E-state index contributed by atoms with van der Waals surface area (Å²) in [5, 5.41) is 15.0. The van der Waals surface area contributed by atoms with Gasteiger partial charge in [0.15, 0.2) is 12.4 Å². The molecule has 4 aromatic rings. The summed E-state index contributed by atoms with van der Waals surface area (Å²) in [5.74, 6) is 1.94. The van der Waals surface area contributed by atoms with Gasteiger partial charge in [-0.25, -0.2) is 4.68 Å². The van der Waals surface area contributed by atoms with Crippen molar-refractivity contribution in [3.8, 4) is 23.2 Å². The second-order valence-corrected chi connectivity index (χ2v) is 6.46. The molecule has 8 heteroatoms. The van der Waals surface area contributed by atoms with Gasteiger partial charge in [0.25, 0.3) is 5.91 Å². The fourth-order valence-electron chi connectivity index (χ4n) is 2.67. The van der Waals surface area contributed by atoms with E-state index in [1.165, 1.54) is 0 Å². The molecular formula is C22H19N5O3. The number of anilines is 1. The van der Waals surface area contributed by atoms with E-state index in [1.807, 2.05) is 31.2 Å². The highest BCUT2D eigenvalue weighted by atomic mass is 16.5. The minimum Gasteiger partial charge on any atom is -0.484 e. The Morgan fingerprint density at radius 1 is 1.00 bits per heavy atom. The Kier molecular flexibility index (Phi) is 5.66. The van der Waals surface area contributed by atoms with Gasteiger partial charge in [-0.3, -0.25) is 4.79 Å². The van der Waals surface area contributed by atoms with Gasteiger partial charge in [0.05, 0.1) is 0 Å². The number of hydrogen-bond acceptors (Lipinski definition) is 6. The summed E-state index contributed by atoms with van der Waals surface area (Å²) in [6.07, 6.45) is 3.45. The first-order valence-corrected chi connectivity index (χ1v) is 9.27. The van der Waals surface area contributed by atoms with E-state index in [1.54, 1.807) is 59.5 Å². The highest BCUT2D eigenvalue weighted by molar-refractivity contribution is 5.91. The van der Waals surface area contributed by atoms with Crippen molar-refractivity contribution in [1.82, 2.24) is 20.0 Å². The molecule has 0 bridgehead atoms. The molecule has 1 amide bonds. The molecule has 0 fully saturated rings. The number of rotatable bonds is 7. The first kappa shape index (κ1) is 19.1. The van der Waals surface area contributed by atoms with Crippen LogP contribution in [0.4, 0.5) is 5.69 Å². The van der Waals surface area contributed by atoms with Gasteiger partial charge in [0, 0.05) is 24.1 Å². The zero-order valence-corrected chi connectivity index (χ0v) is 16.2. The maximum Gasteiger partial charge on any atom is 0.262 e. The molecule has 1 N–H and O–H groups in total. The van der Waals surface area contributed by atoms with E-state index < -0.39 is 0 Å². The number of nitrogens with one attached hydrogen (secondary N) is 1. The number of nitrogens with zero attached hydrogens (tertiary/aromatic N) is 4. The molecular weight excluding hydrogens is 382 g/mol. The Hall–Kier alpha value is -4.20. The summed E-state index contributed by atoms with van der Waals surface area (Å²) in [6.45, 7) is 1.90. The van der Waals surface area contributed by atoms with E-state index in [0.29, 0.717) is 28.9 Å². The highest BCUT2D eigenvalue weighted by Gasteiger charge is 2.06. The standard InChI is InChI=1S/C22H19N5O3/c1-16-4-2-5-19(14-16)29-15-21(28)24-17-6-8-18(9-7-17)30-22-11-10-20(25-26-22)27-13-3-12-23-27/h2-14H,15H2,1H3,(H,24,28). The smallest absolute Gasteiger partial charge is 0.262 e. The zero-order valence-electron chi connectivity index (χ0n) is 16.2. The largest absolute Gasteiger partial charge is 0.484 e. The van der Waals surface area contributed by atoms with Crippen LogP contribution in [0.1, 0.15) is 5.56 Å². The molecule has 0 aliphatic heterocycles. The lowest BCUT2D eigenvalue weighted by Crippen LogP contribution is -2.20. The fraction of sp³-hybridized carbons (Fsp3) is 0.0909. The van der Waals surface area contributed by atoms with E-state index in [9.17, 15) is 4.79 Å². The normalized spacial score (nSPS) is 10.4. The Morgan fingerprint density at radius 2 is 1.87 bits per heavy atom. The van der Waals surface area contributed by atoms with Crippen LogP contribution in [0, 0.1) is 6.92 Å². The second-order valence-electron chi connectivity index (χ2n) is 6.46. The number of aryl methyl sites for hydroxylation is 1. The highest BCUT2D eigenvalue weighted by Crippen LogP contribution is 2.21. The molecule has 4 rings (SSSR count). The second kappa shape index (κ2) is 8.87. The lowest BCUT2D eigenvalue weighted by Gasteiger charge is -2.09. The third-order valence-corrected chi connectivity index (χ3v) is 4.09. The minimum atomic E-state index is -0.245. The van der Waals surface area contributed by atoms with E-state index in [0.717, 1.165) is 5.56 Å². The van der Waals surface area contributed by atoms with Gasteiger partial charge in [-0.1, -0.05) is 12.1 Å². The van der Waals surface area contributed by atoms with Gasteiger partial charge >= 0.3 is 0 Å². The van der Waals surface area contributed by atoms with Crippen molar-refractivity contribution in [2.24, 2.45) is 0 Å². The van der Waals surface area contributed by atoms with Crippen LogP contribution in [0.25, 0.3) is 5.82 Å². The summed E-state index contributed by atoms with van der Waals surface area (Å²) >= 11 is 0. The summed E-state index contributed by atoms with van der Waals surface area (Å²) in [6, 6.07) is 19.8. The van der Waals surface area contributed by atoms with Crippen LogP contribution in [-0.4, -0.2) is 32.5 Å². The molecule has 30 heavy (non-hydrogen) atoms. The fourth-order valence-corrected chi connectivity index (χ4v) is 2.67. The van der Waals surface area contributed by atoms with Crippen molar-refractivity contribution in [3.05, 3.63) is 84.7 Å². The lowest BCUT2D eigenvalue weighted by molar-refractivity contribution is -0.118. The third kappa shape index (κ3) is 4.99. The van der Waals surface area contributed by atoms with E-state index >= 15 is 0 Å². The average Bonchev–Trinajstić information content (AvgIpc) is 3.29. The molecule has 0 atom stereocenters. The summed E-state index contributed by atoms with van der Waals surface area (Å²) < 4.78 is 12.8. The zero-order chi connectivity index (χ0) is 20.8. The van der Waals surface area contributed by atoms with E-state index in [2.05, 4.69) is 20.6 Å². The predicted molar refractivity (Wildman–Crippen MR) is 111 cm³/mol. The molecule has 0 aliphatic carbocycles. The van der Waals surface area contributed by atoms with E-state index in [4.69, 9.17) is 9.47 Å². The van der Waals surface area contributed by atoms with Gasteiger partial charge in [-0.2, -0.15) is 5.10 Å². The van der Waals surface area contributed by atoms with Gasteiger partial charge < -0.3 is 14.8 Å². The summed E-state index contributed by atoms with van der Waals surface area (Å²) in [7, 11) is 0. The predicted octanol–water partition coefficient (Wildman–Crippen LogP) is 3.78. The van der Waals surface area contributed by atoms with Gasteiger partial charge in [-0.05, 0) is 61.0 Å². The first-order valence-electron chi connectivity index (χ1n) is 9.27. The maximum atomic E-state index is 12.1. The van der Waals surface area contributed by atoms with Crippen LogP contribution in [-0.2, 0) is 4.79 Å². The minimum absolute atomic E-state index is 0.0695. The molecule has 150 valence electrons. The summed E-state index contributed by atoms with van der Waals surface area (Å²) in [5.41, 5.74) is 1.71. The molecule has 2 aromatic heterocycles. The lowest BCUT2D eigenvalue weighted by atomic mass is 10.2. The number of benzene rings is 2. The molecule has 2 aromatic carbocycles. The Morgan fingerprint density at radius 3 is 2.57 bits per heavy atom. The SMILES string of the molecule is Cc1cccc(OCC(=O)Nc2ccc(Oc3ccc(-n4cccn4)nn3)cc2)c1. The van der Waals surface area contributed by atoms with Crippen molar-refractivity contribution in [2.75, 3.05) is 11.9 Å². The number of carbonyl (C=O) groups excluding carboxylic acids is 1. The monoisotopic (exact) mass is 401 g/mol. The number of ether oxygens (including phenoxy) is 2. The Bertz CT molecular complexity index is 1110. The Balaban J connectivity index is 1.30. The van der Waals surface area contributed by atoms with Crippen molar-refractivity contribution in [3.63, 3.8) is 0 Å². The van der Waals surface area contributed by atoms with Crippen LogP contribution in [0.3, 0.4) is 0 Å². The topological polar surface area (TPSA) is 91.2 Å². The number of hydrogen-bond donors (Lipinski definition) is 1. The van der Waals surface area contributed by atoms with Crippen LogP contribution in [0.15, 0.2) is 79.1 Å². The van der Waals surface area contributed by atoms with Gasteiger partial charge in [-0.15, -0.1) is 10.2 Å². The average molecular weight is 401 g/mol. The van der Waals surface area contributed by atoms with Crippen molar-refractivity contribution in [2.45, 2.75) is 6.92 Å². The van der Waals surface area contributed by atoms with Crippen LogP contribution in [0.5, 0.6) is 17.4 Å². The van der Waals surface area contributed by atoms with Gasteiger partial charge in [0.2, 0.25) is 5.88 Å². The van der Waals surface area contributed by atoms with Crippen LogP contribution in [0.2, 0.25) is 0 Å². The number of aromatic nitrogens is 4. The first-order chi connectivity index (χ1) is 14.7. The van der Waals surface area contributed by atoms with Crippen LogP contribution < -0.4 is 14.8 Å². The van der Waals surface area contributed by atoms with Crippen molar-refractivity contribution >= 4 is 11.6 Å². The van der Waals surface area contributed by atoms with Crippen molar-refractivity contribution in [1.29, 1.82) is 0 Å². The molecule has 0 unspecified atom stereocenters. The van der Waals surface area contributed by atoms with Gasteiger partial charge in [0.1, 0.15) is 11.5 Å². The molecule has 2 heterocycles. The maximum absolute atomic E-state index is 12.1. The molecule has 0 spiro atoms. The van der Waals surface area contributed by atoms with E-state index in [-0.39, 0.29) is 12.5 Å². The molecule has 0 radical (unpaired) electrons. The molecule has 0 saturated heterocycles. The van der Waals surface area contributed by atoms with Crippen molar-refractivity contribution < 1.29 is 14.3 Å². The molecule has 0 aliphatic rings. The molecule has 8 nitrogen and oxygen atoms in total. The van der Waals surface area contributed by atoms with Crippen LogP contribution >= 0.6 is 0 Å². The quantitative estimate of drug-likeness (QED) is 0.507. The summed E-state index contributed by atoms with van der Waals surface area (Å²) in [4.78, 5) is 12.1. The molecule has 0 saturated carbocycles. The number of carbonyl (C=O) groups is 1.